The van der Waals surface area contributed by atoms with E-state index in [4.69, 9.17) is 9.47 Å². The molecule has 0 saturated heterocycles. The van der Waals surface area contributed by atoms with Crippen LogP contribution in [0.2, 0.25) is 0 Å². The van der Waals surface area contributed by atoms with E-state index >= 15 is 0 Å². The minimum Gasteiger partial charge on any atom is -0.497 e. The molecule has 5 nitrogen and oxygen atoms in total. The summed E-state index contributed by atoms with van der Waals surface area (Å²) in [5.41, 5.74) is 4.67. The van der Waals surface area contributed by atoms with Crippen molar-refractivity contribution in [2.24, 2.45) is 0 Å². The van der Waals surface area contributed by atoms with Gasteiger partial charge in [0.05, 0.1) is 25.5 Å². The number of benzene rings is 3. The molecule has 1 aromatic heterocycles. The largest absolute Gasteiger partial charge is 0.497 e. The van der Waals surface area contributed by atoms with Gasteiger partial charge in [0.15, 0.2) is 0 Å². The Morgan fingerprint density at radius 1 is 0.848 bits per heavy atom. The van der Waals surface area contributed by atoms with E-state index in [2.05, 4.69) is 31.2 Å². The summed E-state index contributed by atoms with van der Waals surface area (Å²) < 4.78 is 12.9. The van der Waals surface area contributed by atoms with Crippen molar-refractivity contribution in [3.63, 3.8) is 0 Å². The molecule has 0 bridgehead atoms. The highest BCUT2D eigenvalue weighted by Gasteiger charge is 2.21. The molecular weight excluding hydrogens is 412 g/mol. The Kier molecular flexibility index (Phi) is 6.79. The molecular formula is C28H28N2O3. The molecule has 1 amide bonds. The highest BCUT2D eigenvalue weighted by Crippen LogP contribution is 2.28. The lowest BCUT2D eigenvalue weighted by atomic mass is 10.1. The minimum atomic E-state index is -0.0438. The van der Waals surface area contributed by atoms with Crippen LogP contribution in [0.4, 0.5) is 0 Å². The predicted molar refractivity (Wildman–Crippen MR) is 130 cm³/mol. The van der Waals surface area contributed by atoms with Crippen LogP contribution in [-0.2, 0) is 13.1 Å². The van der Waals surface area contributed by atoms with Crippen LogP contribution < -0.4 is 9.47 Å². The number of aryl methyl sites for hydroxylation is 1. The molecule has 0 atom stereocenters. The summed E-state index contributed by atoms with van der Waals surface area (Å²) >= 11 is 0. The molecule has 0 saturated carbocycles. The number of aromatic nitrogens is 1. The van der Waals surface area contributed by atoms with Crippen LogP contribution in [0.1, 0.15) is 27.0 Å². The number of rotatable bonds is 8. The topological polar surface area (TPSA) is 43.7 Å². The molecule has 0 aliphatic rings. The summed E-state index contributed by atoms with van der Waals surface area (Å²) in [4.78, 5) is 15.8. The van der Waals surface area contributed by atoms with Gasteiger partial charge in [-0.1, -0.05) is 42.0 Å². The first-order chi connectivity index (χ1) is 16.1. The van der Waals surface area contributed by atoms with Crippen molar-refractivity contribution < 1.29 is 14.3 Å². The average molecular weight is 441 g/mol. The van der Waals surface area contributed by atoms with Gasteiger partial charge in [-0.2, -0.15) is 0 Å². The Bertz CT molecular complexity index is 1210. The van der Waals surface area contributed by atoms with Crippen LogP contribution in [0, 0.1) is 6.92 Å². The Balaban J connectivity index is 1.72. The zero-order valence-electron chi connectivity index (χ0n) is 19.2. The average Bonchev–Trinajstić information content (AvgIpc) is 3.39. The first-order valence-corrected chi connectivity index (χ1v) is 10.9. The van der Waals surface area contributed by atoms with Gasteiger partial charge in [-0.25, -0.2) is 0 Å². The monoisotopic (exact) mass is 440 g/mol. The molecule has 0 radical (unpaired) electrons. The molecule has 0 fully saturated rings. The fraction of sp³-hybridized carbons (Fsp3) is 0.179. The van der Waals surface area contributed by atoms with Gasteiger partial charge in [0.2, 0.25) is 0 Å². The van der Waals surface area contributed by atoms with E-state index in [0.29, 0.717) is 30.2 Å². The molecule has 0 unspecified atom stereocenters. The van der Waals surface area contributed by atoms with Gasteiger partial charge in [-0.15, -0.1) is 0 Å². The smallest absolute Gasteiger partial charge is 0.256 e. The lowest BCUT2D eigenvalue weighted by molar-refractivity contribution is 0.0729. The van der Waals surface area contributed by atoms with E-state index in [1.54, 1.807) is 14.2 Å². The summed E-state index contributed by atoms with van der Waals surface area (Å²) in [6, 6.07) is 25.6. The van der Waals surface area contributed by atoms with Gasteiger partial charge in [-0.3, -0.25) is 4.79 Å². The van der Waals surface area contributed by atoms with Crippen molar-refractivity contribution in [2.75, 3.05) is 14.2 Å². The maximum atomic E-state index is 13.9. The van der Waals surface area contributed by atoms with E-state index in [9.17, 15) is 4.79 Å². The fourth-order valence-corrected chi connectivity index (χ4v) is 3.85. The van der Waals surface area contributed by atoms with Crippen molar-refractivity contribution in [3.05, 3.63) is 114 Å². The third-order valence-electron chi connectivity index (χ3n) is 5.65. The van der Waals surface area contributed by atoms with Crippen molar-refractivity contribution in [3.8, 4) is 17.2 Å². The summed E-state index contributed by atoms with van der Waals surface area (Å²) in [7, 11) is 3.26. The van der Waals surface area contributed by atoms with Crippen LogP contribution in [0.15, 0.2) is 91.3 Å². The van der Waals surface area contributed by atoms with E-state index in [1.807, 2.05) is 76.5 Å². The summed E-state index contributed by atoms with van der Waals surface area (Å²) in [6.07, 6.45) is 3.89. The Labute approximate surface area is 194 Å². The maximum Gasteiger partial charge on any atom is 0.256 e. The quantitative estimate of drug-likeness (QED) is 0.356. The summed E-state index contributed by atoms with van der Waals surface area (Å²) in [6.45, 7) is 2.94. The fourth-order valence-electron chi connectivity index (χ4n) is 3.85. The highest BCUT2D eigenvalue weighted by molar-refractivity contribution is 5.97. The third-order valence-corrected chi connectivity index (χ3v) is 5.65. The molecule has 5 heteroatoms. The molecule has 0 aliphatic heterocycles. The Morgan fingerprint density at radius 3 is 2.27 bits per heavy atom. The zero-order valence-corrected chi connectivity index (χ0v) is 19.2. The third kappa shape index (κ3) is 5.09. The number of para-hydroxylation sites is 1. The lowest BCUT2D eigenvalue weighted by Crippen LogP contribution is -2.31. The second-order valence-electron chi connectivity index (χ2n) is 7.93. The first kappa shape index (κ1) is 22.2. The molecule has 33 heavy (non-hydrogen) atoms. The van der Waals surface area contributed by atoms with Gasteiger partial charge in [0, 0.05) is 37.1 Å². The second kappa shape index (κ2) is 10.1. The van der Waals surface area contributed by atoms with E-state index < -0.39 is 0 Å². The molecule has 1 heterocycles. The van der Waals surface area contributed by atoms with Gasteiger partial charge in [0.25, 0.3) is 5.91 Å². The lowest BCUT2D eigenvalue weighted by Gasteiger charge is -2.25. The van der Waals surface area contributed by atoms with Crippen molar-refractivity contribution in [1.29, 1.82) is 0 Å². The van der Waals surface area contributed by atoms with Gasteiger partial charge >= 0.3 is 0 Å². The number of ether oxygens (including phenoxy) is 2. The van der Waals surface area contributed by atoms with Crippen LogP contribution in [0.3, 0.4) is 0 Å². The molecule has 0 aliphatic carbocycles. The van der Waals surface area contributed by atoms with Crippen LogP contribution in [-0.4, -0.2) is 29.6 Å². The van der Waals surface area contributed by atoms with Crippen molar-refractivity contribution >= 4 is 5.91 Å². The number of methoxy groups -OCH3 is 2. The molecule has 4 rings (SSSR count). The number of carbonyl (C=O) groups is 1. The van der Waals surface area contributed by atoms with Crippen molar-refractivity contribution in [1.82, 2.24) is 9.47 Å². The van der Waals surface area contributed by atoms with Gasteiger partial charge < -0.3 is 18.9 Å². The van der Waals surface area contributed by atoms with Crippen LogP contribution >= 0.6 is 0 Å². The molecule has 3 aromatic carbocycles. The zero-order chi connectivity index (χ0) is 23.2. The number of hydrogen-bond acceptors (Lipinski definition) is 3. The predicted octanol–water partition coefficient (Wildman–Crippen LogP) is 5.65. The van der Waals surface area contributed by atoms with Crippen LogP contribution in [0.25, 0.3) is 5.69 Å². The van der Waals surface area contributed by atoms with E-state index in [-0.39, 0.29) is 5.91 Å². The van der Waals surface area contributed by atoms with E-state index in [1.165, 1.54) is 5.56 Å². The number of nitrogens with zero attached hydrogens (tertiary/aromatic N) is 2. The minimum absolute atomic E-state index is 0.0438. The molecule has 4 aromatic rings. The molecule has 0 spiro atoms. The van der Waals surface area contributed by atoms with E-state index in [0.717, 1.165) is 16.8 Å². The highest BCUT2D eigenvalue weighted by atomic mass is 16.5. The number of carbonyl (C=O) groups excluding carboxylic acids is 1. The van der Waals surface area contributed by atoms with Crippen molar-refractivity contribution in [2.45, 2.75) is 20.0 Å². The normalized spacial score (nSPS) is 10.6. The summed E-state index contributed by atoms with van der Waals surface area (Å²) in [5.74, 6) is 1.36. The molecule has 168 valence electrons. The first-order valence-electron chi connectivity index (χ1n) is 10.9. The van der Waals surface area contributed by atoms with Gasteiger partial charge in [0.1, 0.15) is 11.5 Å². The SMILES string of the molecule is COc1ccc(CN(Cc2ccc(C)cc2)C(=O)c2ccccc2-n2cccc2)c(OC)c1. The summed E-state index contributed by atoms with van der Waals surface area (Å²) in [5, 5.41) is 0. The molecule has 0 N–H and O–H groups in total. The Hall–Kier alpha value is -3.99. The van der Waals surface area contributed by atoms with Crippen LogP contribution in [0.5, 0.6) is 11.5 Å². The number of hydrogen-bond donors (Lipinski definition) is 0. The maximum absolute atomic E-state index is 13.9. The second-order valence-corrected chi connectivity index (χ2v) is 7.93. The standard InChI is InChI=1S/C28H28N2O3/c1-21-10-12-22(13-11-21)19-30(20-23-14-15-24(32-2)18-27(23)33-3)28(31)25-8-4-5-9-26(25)29-16-6-7-17-29/h4-18H,19-20H2,1-3H3. The Morgan fingerprint density at radius 2 is 1.58 bits per heavy atom. The van der Waals surface area contributed by atoms with Gasteiger partial charge in [-0.05, 0) is 48.9 Å². The number of amides is 1.